The van der Waals surface area contributed by atoms with E-state index in [0.717, 1.165) is 28.7 Å². The number of aldehydes is 1. The molecule has 3 aromatic rings. The van der Waals surface area contributed by atoms with Gasteiger partial charge in [0.1, 0.15) is 0 Å². The number of nitrogens with zero attached hydrogens (tertiary/aromatic N) is 3. The van der Waals surface area contributed by atoms with E-state index < -0.39 is 0 Å². The Kier molecular flexibility index (Phi) is 3.60. The average Bonchev–Trinajstić information content (AvgIpc) is 2.91. The van der Waals surface area contributed by atoms with E-state index in [0.29, 0.717) is 12.2 Å². The topological polar surface area (TPSA) is 47.8 Å². The zero-order valence-corrected chi connectivity index (χ0v) is 11.7. The van der Waals surface area contributed by atoms with Crippen molar-refractivity contribution >= 4 is 6.29 Å². The summed E-state index contributed by atoms with van der Waals surface area (Å²) >= 11 is 0. The van der Waals surface area contributed by atoms with Crippen LogP contribution in [-0.4, -0.2) is 21.3 Å². The number of carbonyl (C=O) groups excluding carboxylic acids is 1. The van der Waals surface area contributed by atoms with E-state index in [9.17, 15) is 4.79 Å². The van der Waals surface area contributed by atoms with Gasteiger partial charge < -0.3 is 0 Å². The van der Waals surface area contributed by atoms with Crippen LogP contribution in [0.1, 0.15) is 21.6 Å². The molecule has 3 rings (SSSR count). The van der Waals surface area contributed by atoms with Gasteiger partial charge in [0.2, 0.25) is 0 Å². The van der Waals surface area contributed by atoms with Gasteiger partial charge in [0.05, 0.1) is 12.2 Å². The second kappa shape index (κ2) is 5.71. The van der Waals surface area contributed by atoms with Crippen molar-refractivity contribution in [2.75, 3.05) is 0 Å². The monoisotopic (exact) mass is 277 g/mol. The van der Waals surface area contributed by atoms with Crippen LogP contribution in [0.5, 0.6) is 0 Å². The van der Waals surface area contributed by atoms with Crippen molar-refractivity contribution in [3.63, 3.8) is 0 Å². The summed E-state index contributed by atoms with van der Waals surface area (Å²) in [7, 11) is 0. The van der Waals surface area contributed by atoms with Crippen LogP contribution < -0.4 is 0 Å². The molecule has 0 spiro atoms. The fourth-order valence-electron chi connectivity index (χ4n) is 2.36. The number of benzene rings is 2. The molecule has 0 atom stereocenters. The quantitative estimate of drug-likeness (QED) is 0.688. The van der Waals surface area contributed by atoms with E-state index in [2.05, 4.69) is 10.3 Å². The molecule has 2 aromatic carbocycles. The molecule has 0 radical (unpaired) electrons. The van der Waals surface area contributed by atoms with Crippen LogP contribution in [0.2, 0.25) is 0 Å². The molecule has 4 nitrogen and oxygen atoms in total. The maximum absolute atomic E-state index is 11.2. The Morgan fingerprint density at radius 1 is 1.10 bits per heavy atom. The van der Waals surface area contributed by atoms with Crippen LogP contribution in [0.4, 0.5) is 0 Å². The number of hydrogen-bond donors (Lipinski definition) is 0. The number of rotatable bonds is 4. The fraction of sp³-hybridized carbons (Fsp3) is 0.118. The molecule has 0 aliphatic carbocycles. The lowest BCUT2D eigenvalue weighted by molar-refractivity contribution is 0.111. The summed E-state index contributed by atoms with van der Waals surface area (Å²) < 4.78 is 1.77. The standard InChI is InChI=1S/C17H15N3O/c1-13-6-5-9-15(10-13)17-16(12-21)18-19-20(17)11-14-7-3-2-4-8-14/h2-10,12H,11H2,1H3. The van der Waals surface area contributed by atoms with E-state index in [1.807, 2.05) is 61.5 Å². The molecular formula is C17H15N3O. The van der Waals surface area contributed by atoms with Gasteiger partial charge in [-0.1, -0.05) is 59.3 Å². The maximum Gasteiger partial charge on any atom is 0.172 e. The van der Waals surface area contributed by atoms with Gasteiger partial charge in [-0.25, -0.2) is 4.68 Å². The Labute approximate surface area is 123 Å². The highest BCUT2D eigenvalue weighted by Gasteiger charge is 2.14. The van der Waals surface area contributed by atoms with Crippen molar-refractivity contribution in [2.45, 2.75) is 13.5 Å². The van der Waals surface area contributed by atoms with E-state index in [4.69, 9.17) is 0 Å². The van der Waals surface area contributed by atoms with E-state index in [1.54, 1.807) is 4.68 Å². The SMILES string of the molecule is Cc1cccc(-c2c(C=O)nnn2Cc2ccccc2)c1. The summed E-state index contributed by atoms with van der Waals surface area (Å²) in [5, 5.41) is 8.11. The summed E-state index contributed by atoms with van der Waals surface area (Å²) in [6, 6.07) is 18.0. The fourth-order valence-corrected chi connectivity index (χ4v) is 2.36. The van der Waals surface area contributed by atoms with Crippen LogP contribution in [0, 0.1) is 6.92 Å². The highest BCUT2D eigenvalue weighted by molar-refractivity contribution is 5.83. The normalized spacial score (nSPS) is 10.5. The molecule has 1 heterocycles. The van der Waals surface area contributed by atoms with Gasteiger partial charge >= 0.3 is 0 Å². The van der Waals surface area contributed by atoms with Crippen LogP contribution in [-0.2, 0) is 6.54 Å². The summed E-state index contributed by atoms with van der Waals surface area (Å²) in [6.07, 6.45) is 0.756. The molecule has 104 valence electrons. The first-order valence-corrected chi connectivity index (χ1v) is 6.77. The highest BCUT2D eigenvalue weighted by atomic mass is 16.1. The minimum absolute atomic E-state index is 0.372. The lowest BCUT2D eigenvalue weighted by Gasteiger charge is -2.08. The maximum atomic E-state index is 11.2. The van der Waals surface area contributed by atoms with Crippen LogP contribution in [0.15, 0.2) is 54.6 Å². The largest absolute Gasteiger partial charge is 0.296 e. The van der Waals surface area contributed by atoms with Gasteiger partial charge in [-0.3, -0.25) is 4.79 Å². The Morgan fingerprint density at radius 2 is 1.90 bits per heavy atom. The zero-order chi connectivity index (χ0) is 14.7. The molecule has 4 heteroatoms. The smallest absolute Gasteiger partial charge is 0.172 e. The lowest BCUT2D eigenvalue weighted by atomic mass is 10.1. The van der Waals surface area contributed by atoms with Crippen molar-refractivity contribution in [1.82, 2.24) is 15.0 Å². The van der Waals surface area contributed by atoms with Gasteiger partial charge in [-0.05, 0) is 18.6 Å². The molecular weight excluding hydrogens is 262 g/mol. The molecule has 0 aliphatic rings. The third kappa shape index (κ3) is 2.74. The van der Waals surface area contributed by atoms with E-state index in [-0.39, 0.29) is 0 Å². The Hall–Kier alpha value is -2.75. The molecule has 0 N–H and O–H groups in total. The molecule has 0 bridgehead atoms. The Morgan fingerprint density at radius 3 is 2.62 bits per heavy atom. The molecule has 0 aliphatic heterocycles. The van der Waals surface area contributed by atoms with Crippen LogP contribution in [0.25, 0.3) is 11.3 Å². The van der Waals surface area contributed by atoms with Crippen molar-refractivity contribution < 1.29 is 4.79 Å². The van der Waals surface area contributed by atoms with Gasteiger partial charge in [0.25, 0.3) is 0 Å². The molecule has 0 amide bonds. The number of aryl methyl sites for hydroxylation is 1. The number of hydrogen-bond acceptors (Lipinski definition) is 3. The average molecular weight is 277 g/mol. The molecule has 0 unspecified atom stereocenters. The second-order valence-electron chi connectivity index (χ2n) is 4.95. The zero-order valence-electron chi connectivity index (χ0n) is 11.7. The summed E-state index contributed by atoms with van der Waals surface area (Å²) in [4.78, 5) is 11.2. The Bertz CT molecular complexity index is 763. The summed E-state index contributed by atoms with van der Waals surface area (Å²) in [5.74, 6) is 0. The predicted octanol–water partition coefficient (Wildman–Crippen LogP) is 3.11. The van der Waals surface area contributed by atoms with Crippen molar-refractivity contribution in [3.8, 4) is 11.3 Å². The number of aromatic nitrogens is 3. The first-order valence-electron chi connectivity index (χ1n) is 6.77. The first kappa shape index (κ1) is 13.2. The minimum Gasteiger partial charge on any atom is -0.296 e. The Balaban J connectivity index is 2.06. The molecule has 0 fully saturated rings. The molecule has 0 saturated carbocycles. The third-order valence-electron chi connectivity index (χ3n) is 3.34. The van der Waals surface area contributed by atoms with Gasteiger partial charge in [-0.2, -0.15) is 0 Å². The van der Waals surface area contributed by atoms with Crippen molar-refractivity contribution in [3.05, 3.63) is 71.4 Å². The first-order chi connectivity index (χ1) is 10.3. The lowest BCUT2D eigenvalue weighted by Crippen LogP contribution is -2.04. The molecule has 21 heavy (non-hydrogen) atoms. The van der Waals surface area contributed by atoms with Crippen molar-refractivity contribution in [2.24, 2.45) is 0 Å². The summed E-state index contributed by atoms with van der Waals surface area (Å²) in [6.45, 7) is 2.61. The second-order valence-corrected chi connectivity index (χ2v) is 4.95. The van der Waals surface area contributed by atoms with Crippen LogP contribution in [0.3, 0.4) is 0 Å². The summed E-state index contributed by atoms with van der Waals surface area (Å²) in [5.41, 5.74) is 4.35. The van der Waals surface area contributed by atoms with Crippen LogP contribution >= 0.6 is 0 Å². The van der Waals surface area contributed by atoms with Crippen molar-refractivity contribution in [1.29, 1.82) is 0 Å². The van der Waals surface area contributed by atoms with E-state index >= 15 is 0 Å². The number of carbonyl (C=O) groups is 1. The van der Waals surface area contributed by atoms with E-state index in [1.165, 1.54) is 0 Å². The third-order valence-corrected chi connectivity index (χ3v) is 3.34. The predicted molar refractivity (Wildman–Crippen MR) is 81.1 cm³/mol. The molecule has 1 aromatic heterocycles. The molecule has 0 saturated heterocycles. The van der Waals surface area contributed by atoms with Gasteiger partial charge in [0.15, 0.2) is 12.0 Å². The minimum atomic E-state index is 0.372. The highest BCUT2D eigenvalue weighted by Crippen LogP contribution is 2.23. The van der Waals surface area contributed by atoms with Gasteiger partial charge in [-0.15, -0.1) is 5.10 Å². The van der Waals surface area contributed by atoms with Gasteiger partial charge in [0, 0.05) is 5.56 Å².